The molecular weight excluding hydrogens is 398 g/mol. The van der Waals surface area contributed by atoms with Crippen molar-refractivity contribution < 1.29 is 4.79 Å². The van der Waals surface area contributed by atoms with Crippen LogP contribution in [0.5, 0.6) is 0 Å². The van der Waals surface area contributed by atoms with Crippen molar-refractivity contribution in [2.75, 3.05) is 25.5 Å². The Balaban J connectivity index is 0.000000166. The molecule has 0 aliphatic carbocycles. The molecule has 4 rings (SSSR count). The number of hydrogen-bond acceptors (Lipinski definition) is 6. The first kappa shape index (κ1) is 20.1. The molecule has 1 aromatic heterocycles. The number of carbonyl (C=O) groups excluding carboxylic acids is 1. The summed E-state index contributed by atoms with van der Waals surface area (Å²) < 4.78 is 3.54. The van der Waals surface area contributed by atoms with Gasteiger partial charge in [-0.25, -0.2) is 9.29 Å². The molecule has 0 atom stereocenters. The first-order valence-corrected chi connectivity index (χ1v) is 10.8. The number of piperidine rings is 1. The van der Waals surface area contributed by atoms with Gasteiger partial charge in [0.25, 0.3) is 0 Å². The van der Waals surface area contributed by atoms with Crippen molar-refractivity contribution in [3.63, 3.8) is 0 Å². The highest BCUT2D eigenvalue weighted by Gasteiger charge is 2.18. The zero-order chi connectivity index (χ0) is 19.1. The molecule has 0 spiro atoms. The first-order chi connectivity index (χ1) is 13.2. The highest BCUT2D eigenvalue weighted by molar-refractivity contribution is 7.97. The largest absolute Gasteiger partial charge is 0.365 e. The van der Waals surface area contributed by atoms with Crippen molar-refractivity contribution in [2.45, 2.75) is 17.7 Å². The molecule has 0 saturated carbocycles. The van der Waals surface area contributed by atoms with Crippen LogP contribution in [0.1, 0.15) is 12.8 Å². The number of anilines is 1. The summed E-state index contributed by atoms with van der Waals surface area (Å²) in [6, 6.07) is 16.0. The number of nitrogens with one attached hydrogen (secondary N) is 1. The minimum Gasteiger partial charge on any atom is -0.365 e. The molecule has 3 aromatic rings. The number of thiazole rings is 1. The number of halogens is 1. The van der Waals surface area contributed by atoms with E-state index in [1.165, 1.54) is 9.60 Å². The van der Waals surface area contributed by atoms with Crippen LogP contribution in [-0.2, 0) is 4.79 Å². The first-order valence-electron chi connectivity index (χ1n) is 8.85. The van der Waals surface area contributed by atoms with Crippen molar-refractivity contribution in [1.29, 1.82) is 0 Å². The normalized spacial score (nSPS) is 15.2. The van der Waals surface area contributed by atoms with Crippen LogP contribution in [0, 0.1) is 5.92 Å². The number of aldehydes is 1. The van der Waals surface area contributed by atoms with Crippen LogP contribution >= 0.6 is 34.9 Å². The maximum Gasteiger partial charge on any atom is 0.183 e. The molecule has 1 saturated heterocycles. The van der Waals surface area contributed by atoms with Gasteiger partial charge >= 0.3 is 0 Å². The smallest absolute Gasteiger partial charge is 0.183 e. The summed E-state index contributed by atoms with van der Waals surface area (Å²) in [5.74, 6) is 0.266. The molecule has 0 amide bonds. The molecular formula is C20H22ClN3OS2. The van der Waals surface area contributed by atoms with Gasteiger partial charge in [0.2, 0.25) is 0 Å². The third-order valence-corrected chi connectivity index (χ3v) is 6.66. The Labute approximate surface area is 173 Å². The lowest BCUT2D eigenvalue weighted by atomic mass is 10.0. The highest BCUT2D eigenvalue weighted by atomic mass is 35.5. The van der Waals surface area contributed by atoms with Gasteiger partial charge in [-0.15, -0.1) is 0 Å². The third kappa shape index (κ3) is 5.94. The minimum atomic E-state index is 0.266. The topological polar surface area (TPSA) is 45.2 Å². The summed E-state index contributed by atoms with van der Waals surface area (Å²) in [5, 5.41) is 4.77. The zero-order valence-electron chi connectivity index (χ0n) is 15.1. The molecule has 0 unspecified atom stereocenters. The van der Waals surface area contributed by atoms with Gasteiger partial charge in [0.1, 0.15) is 6.29 Å². The Bertz CT molecular complexity index is 828. The zero-order valence-corrected chi connectivity index (χ0v) is 17.5. The number of hydrogen-bond donors (Lipinski definition) is 1. The monoisotopic (exact) mass is 419 g/mol. The van der Waals surface area contributed by atoms with E-state index < -0.39 is 0 Å². The van der Waals surface area contributed by atoms with E-state index in [0.29, 0.717) is 0 Å². The number of carbonyl (C=O) groups is 1. The number of benzene rings is 2. The average molecular weight is 420 g/mol. The van der Waals surface area contributed by atoms with E-state index in [-0.39, 0.29) is 5.92 Å². The Morgan fingerprint density at radius 2 is 1.89 bits per heavy atom. The van der Waals surface area contributed by atoms with Crippen molar-refractivity contribution in [2.24, 2.45) is 5.92 Å². The molecule has 142 valence electrons. The summed E-state index contributed by atoms with van der Waals surface area (Å²) >= 11 is 9.25. The second kappa shape index (κ2) is 10.1. The molecule has 2 heterocycles. The van der Waals surface area contributed by atoms with E-state index in [1.807, 2.05) is 49.5 Å². The fourth-order valence-electron chi connectivity index (χ4n) is 2.73. The fourth-order valence-corrected chi connectivity index (χ4v) is 4.62. The van der Waals surface area contributed by atoms with Crippen LogP contribution in [0.4, 0.5) is 5.13 Å². The lowest BCUT2D eigenvalue weighted by molar-refractivity contribution is -0.112. The Kier molecular flexibility index (Phi) is 7.52. The molecule has 1 aliphatic heterocycles. The summed E-state index contributed by atoms with van der Waals surface area (Å²) in [6.45, 7) is 1.97. The molecule has 0 radical (unpaired) electrons. The SMILES string of the molecule is CNc1nc2ccccc2s1.O=CC1CCN(Sc2ccc(Cl)cc2)CC1. The number of nitrogens with zero attached hydrogens (tertiary/aromatic N) is 2. The second-order valence-corrected chi connectivity index (χ2v) is 8.82. The predicted octanol–water partition coefficient (Wildman–Crippen LogP) is 5.60. The molecule has 0 bridgehead atoms. The van der Waals surface area contributed by atoms with Crippen molar-refractivity contribution in [3.05, 3.63) is 53.6 Å². The average Bonchev–Trinajstić information content (AvgIpc) is 3.14. The fraction of sp³-hybridized carbons (Fsp3) is 0.300. The summed E-state index contributed by atoms with van der Waals surface area (Å²) in [5.41, 5.74) is 1.07. The van der Waals surface area contributed by atoms with Gasteiger partial charge < -0.3 is 10.1 Å². The van der Waals surface area contributed by atoms with Gasteiger partial charge in [-0.1, -0.05) is 35.1 Å². The van der Waals surface area contributed by atoms with Crippen LogP contribution in [0.2, 0.25) is 5.02 Å². The molecule has 27 heavy (non-hydrogen) atoms. The van der Waals surface area contributed by atoms with Gasteiger partial charge in [-0.05, 0) is 61.2 Å². The van der Waals surface area contributed by atoms with Crippen molar-refractivity contribution >= 4 is 56.5 Å². The number of para-hydroxylation sites is 1. The maximum atomic E-state index is 10.6. The lowest BCUT2D eigenvalue weighted by Gasteiger charge is -2.28. The van der Waals surface area contributed by atoms with Crippen LogP contribution < -0.4 is 5.32 Å². The van der Waals surface area contributed by atoms with E-state index in [4.69, 9.17) is 11.6 Å². The van der Waals surface area contributed by atoms with Gasteiger partial charge in [0.15, 0.2) is 5.13 Å². The highest BCUT2D eigenvalue weighted by Crippen LogP contribution is 2.28. The van der Waals surface area contributed by atoms with Gasteiger partial charge in [-0.2, -0.15) is 0 Å². The molecule has 1 fully saturated rings. The van der Waals surface area contributed by atoms with E-state index in [2.05, 4.69) is 20.7 Å². The lowest BCUT2D eigenvalue weighted by Crippen LogP contribution is -2.28. The third-order valence-electron chi connectivity index (χ3n) is 4.25. The second-order valence-electron chi connectivity index (χ2n) is 6.18. The Hall–Kier alpha value is -1.60. The quantitative estimate of drug-likeness (QED) is 0.440. The van der Waals surface area contributed by atoms with Crippen molar-refractivity contribution in [1.82, 2.24) is 9.29 Å². The van der Waals surface area contributed by atoms with E-state index in [9.17, 15) is 4.79 Å². The van der Waals surface area contributed by atoms with Crippen LogP contribution in [0.15, 0.2) is 53.4 Å². The molecule has 1 N–H and O–H groups in total. The van der Waals surface area contributed by atoms with Crippen LogP contribution in [0.3, 0.4) is 0 Å². The van der Waals surface area contributed by atoms with Gasteiger partial charge in [0.05, 0.1) is 10.2 Å². The number of rotatable bonds is 4. The summed E-state index contributed by atoms with van der Waals surface area (Å²) in [6.07, 6.45) is 3.04. The van der Waals surface area contributed by atoms with E-state index in [1.54, 1.807) is 23.3 Å². The van der Waals surface area contributed by atoms with Crippen LogP contribution in [0.25, 0.3) is 10.2 Å². The van der Waals surface area contributed by atoms with Gasteiger partial charge in [-0.3, -0.25) is 0 Å². The minimum absolute atomic E-state index is 0.266. The van der Waals surface area contributed by atoms with E-state index in [0.717, 1.165) is 47.9 Å². The summed E-state index contributed by atoms with van der Waals surface area (Å²) in [4.78, 5) is 16.2. The van der Waals surface area contributed by atoms with Crippen molar-refractivity contribution in [3.8, 4) is 0 Å². The van der Waals surface area contributed by atoms with E-state index >= 15 is 0 Å². The predicted molar refractivity (Wildman–Crippen MR) is 117 cm³/mol. The van der Waals surface area contributed by atoms with Crippen LogP contribution in [-0.4, -0.2) is 35.7 Å². The number of aromatic nitrogens is 1. The maximum absolute atomic E-state index is 10.6. The molecule has 7 heteroatoms. The standard InChI is InChI=1S/C12H14ClNOS.C8H8N2S/c13-11-1-3-12(4-2-11)16-14-7-5-10(9-15)6-8-14;1-9-8-10-6-4-2-3-5-7(6)11-8/h1-4,9-10H,5-8H2;2-5H,1H3,(H,9,10). The number of fused-ring (bicyclic) bond motifs is 1. The Morgan fingerprint density at radius 3 is 2.52 bits per heavy atom. The molecule has 1 aliphatic rings. The Morgan fingerprint density at radius 1 is 1.19 bits per heavy atom. The summed E-state index contributed by atoms with van der Waals surface area (Å²) in [7, 11) is 1.89. The van der Waals surface area contributed by atoms with Gasteiger partial charge in [0, 0.05) is 36.0 Å². The molecule has 4 nitrogen and oxygen atoms in total. The molecule has 2 aromatic carbocycles.